The molecule has 1 saturated carbocycles. The Morgan fingerprint density at radius 1 is 1.48 bits per heavy atom. The Morgan fingerprint density at radius 2 is 2.19 bits per heavy atom. The summed E-state index contributed by atoms with van der Waals surface area (Å²) in [6.45, 7) is 13.4. The van der Waals surface area contributed by atoms with Crippen LogP contribution in [0.15, 0.2) is 6.20 Å². The predicted molar refractivity (Wildman–Crippen MR) is 90.0 cm³/mol. The van der Waals surface area contributed by atoms with Crippen LogP contribution in [-0.2, 0) is 0 Å². The third-order valence-corrected chi connectivity index (χ3v) is 5.11. The summed E-state index contributed by atoms with van der Waals surface area (Å²) >= 11 is 6.51. The van der Waals surface area contributed by atoms with E-state index in [1.165, 1.54) is 25.0 Å². The maximum Gasteiger partial charge on any atom is 0.0820 e. The first-order valence-corrected chi connectivity index (χ1v) is 8.67. The molecule has 1 heterocycles. The summed E-state index contributed by atoms with van der Waals surface area (Å²) in [7, 11) is 0. The molecule has 1 aliphatic rings. The standard InChI is InChI=1S/C17H30ClN3/c1-6-19-10-13-7-8-17(4,5)9-14(13)16-15(18)11-20-21(16)12(2)3/h11-14,19H,6-10H2,1-5H3. The fourth-order valence-electron chi connectivity index (χ4n) is 3.64. The summed E-state index contributed by atoms with van der Waals surface area (Å²) in [4.78, 5) is 0. The first-order valence-electron chi connectivity index (χ1n) is 8.29. The second-order valence-corrected chi connectivity index (χ2v) is 7.90. The van der Waals surface area contributed by atoms with Gasteiger partial charge in [-0.05, 0) is 57.5 Å². The van der Waals surface area contributed by atoms with Gasteiger partial charge in [0.15, 0.2) is 0 Å². The predicted octanol–water partition coefficient (Wildman–Crippen LogP) is 4.64. The monoisotopic (exact) mass is 311 g/mol. The van der Waals surface area contributed by atoms with Gasteiger partial charge in [-0.3, -0.25) is 4.68 Å². The molecule has 3 nitrogen and oxygen atoms in total. The quantitative estimate of drug-likeness (QED) is 0.858. The Bertz CT molecular complexity index is 465. The molecule has 1 aliphatic carbocycles. The molecule has 4 heteroatoms. The van der Waals surface area contributed by atoms with Crippen LogP contribution in [0.1, 0.15) is 71.5 Å². The van der Waals surface area contributed by atoms with Crippen molar-refractivity contribution in [3.8, 4) is 0 Å². The average Bonchev–Trinajstić information content (AvgIpc) is 2.78. The molecule has 2 atom stereocenters. The van der Waals surface area contributed by atoms with E-state index < -0.39 is 0 Å². The summed E-state index contributed by atoms with van der Waals surface area (Å²) in [5.41, 5.74) is 1.64. The minimum absolute atomic E-state index is 0.359. The van der Waals surface area contributed by atoms with Crippen molar-refractivity contribution in [2.45, 2.75) is 65.8 Å². The highest BCUT2D eigenvalue weighted by Crippen LogP contribution is 2.48. The molecule has 0 bridgehead atoms. The second kappa shape index (κ2) is 6.70. The number of rotatable bonds is 5. The molecule has 0 amide bonds. The Morgan fingerprint density at radius 3 is 2.81 bits per heavy atom. The number of aromatic nitrogens is 2. The molecule has 0 spiro atoms. The highest BCUT2D eigenvalue weighted by Gasteiger charge is 2.38. The van der Waals surface area contributed by atoms with Crippen molar-refractivity contribution in [1.82, 2.24) is 15.1 Å². The van der Waals surface area contributed by atoms with Crippen LogP contribution >= 0.6 is 11.6 Å². The van der Waals surface area contributed by atoms with Gasteiger partial charge in [-0.25, -0.2) is 0 Å². The lowest BCUT2D eigenvalue weighted by Gasteiger charge is -2.41. The minimum atomic E-state index is 0.359. The molecule has 0 aliphatic heterocycles. The molecule has 1 N–H and O–H groups in total. The van der Waals surface area contributed by atoms with Crippen LogP contribution in [0.3, 0.4) is 0 Å². The molecule has 21 heavy (non-hydrogen) atoms. The van der Waals surface area contributed by atoms with E-state index in [-0.39, 0.29) is 0 Å². The summed E-state index contributed by atoms with van der Waals surface area (Å²) in [6, 6.07) is 0.359. The molecule has 2 unspecified atom stereocenters. The third kappa shape index (κ3) is 3.81. The zero-order chi connectivity index (χ0) is 15.6. The molecule has 120 valence electrons. The van der Waals surface area contributed by atoms with Gasteiger partial charge in [0.1, 0.15) is 0 Å². The topological polar surface area (TPSA) is 29.9 Å². The van der Waals surface area contributed by atoms with Crippen LogP contribution in [0.5, 0.6) is 0 Å². The molecular weight excluding hydrogens is 282 g/mol. The fourth-order valence-corrected chi connectivity index (χ4v) is 3.91. The van der Waals surface area contributed by atoms with Crippen LogP contribution in [-0.4, -0.2) is 22.9 Å². The lowest BCUT2D eigenvalue weighted by Crippen LogP contribution is -2.36. The van der Waals surface area contributed by atoms with E-state index in [0.29, 0.717) is 23.3 Å². The van der Waals surface area contributed by atoms with E-state index in [0.717, 1.165) is 18.1 Å². The molecule has 0 radical (unpaired) electrons. The molecule has 1 aromatic heterocycles. The fraction of sp³-hybridized carbons (Fsp3) is 0.824. The zero-order valence-electron chi connectivity index (χ0n) is 14.1. The Labute approximate surface area is 134 Å². The van der Waals surface area contributed by atoms with Crippen LogP contribution < -0.4 is 5.32 Å². The summed E-state index contributed by atoms with van der Waals surface area (Å²) in [6.07, 6.45) is 5.58. The van der Waals surface area contributed by atoms with Gasteiger partial charge < -0.3 is 5.32 Å². The van der Waals surface area contributed by atoms with Gasteiger partial charge in [-0.2, -0.15) is 5.10 Å². The lowest BCUT2D eigenvalue weighted by molar-refractivity contribution is 0.154. The van der Waals surface area contributed by atoms with Crippen molar-refractivity contribution < 1.29 is 0 Å². The first-order chi connectivity index (χ1) is 9.85. The van der Waals surface area contributed by atoms with E-state index in [1.807, 2.05) is 6.20 Å². The maximum atomic E-state index is 6.51. The lowest BCUT2D eigenvalue weighted by atomic mass is 9.66. The second-order valence-electron chi connectivity index (χ2n) is 7.50. The van der Waals surface area contributed by atoms with Crippen molar-refractivity contribution in [3.63, 3.8) is 0 Å². The molecule has 1 aromatic rings. The van der Waals surface area contributed by atoms with Gasteiger partial charge in [0.2, 0.25) is 0 Å². The number of hydrogen-bond donors (Lipinski definition) is 1. The largest absolute Gasteiger partial charge is 0.317 e. The zero-order valence-corrected chi connectivity index (χ0v) is 14.9. The van der Waals surface area contributed by atoms with Crippen molar-refractivity contribution in [2.75, 3.05) is 13.1 Å². The van der Waals surface area contributed by atoms with E-state index in [4.69, 9.17) is 11.6 Å². The van der Waals surface area contributed by atoms with Gasteiger partial charge >= 0.3 is 0 Å². The van der Waals surface area contributed by atoms with Gasteiger partial charge in [-0.15, -0.1) is 0 Å². The summed E-state index contributed by atoms with van der Waals surface area (Å²) in [5.74, 6) is 1.16. The van der Waals surface area contributed by atoms with Crippen LogP contribution in [0.2, 0.25) is 5.02 Å². The Balaban J connectivity index is 2.33. The minimum Gasteiger partial charge on any atom is -0.317 e. The first kappa shape index (κ1) is 16.8. The van der Waals surface area contributed by atoms with Gasteiger partial charge in [-0.1, -0.05) is 32.4 Å². The van der Waals surface area contributed by atoms with Crippen molar-refractivity contribution in [3.05, 3.63) is 16.9 Å². The Hall–Kier alpha value is -0.540. The highest BCUT2D eigenvalue weighted by molar-refractivity contribution is 6.31. The van der Waals surface area contributed by atoms with Gasteiger partial charge in [0.25, 0.3) is 0 Å². The number of nitrogens with one attached hydrogen (secondary N) is 1. The Kier molecular flexibility index (Phi) is 5.37. The SMILES string of the molecule is CCNCC1CCC(C)(C)CC1c1c(Cl)cnn1C(C)C. The van der Waals surface area contributed by atoms with Crippen LogP contribution in [0, 0.1) is 11.3 Å². The normalized spacial score (nSPS) is 25.5. The summed E-state index contributed by atoms with van der Waals surface area (Å²) in [5, 5.41) is 8.89. The molecule has 0 saturated heterocycles. The molecule has 0 aromatic carbocycles. The van der Waals surface area contributed by atoms with E-state index in [9.17, 15) is 0 Å². The van der Waals surface area contributed by atoms with Crippen molar-refractivity contribution >= 4 is 11.6 Å². The van der Waals surface area contributed by atoms with E-state index >= 15 is 0 Å². The highest BCUT2D eigenvalue weighted by atomic mass is 35.5. The smallest absolute Gasteiger partial charge is 0.0820 e. The molecule has 1 fully saturated rings. The third-order valence-electron chi connectivity index (χ3n) is 4.82. The van der Waals surface area contributed by atoms with Gasteiger partial charge in [0, 0.05) is 12.0 Å². The summed E-state index contributed by atoms with van der Waals surface area (Å²) < 4.78 is 2.13. The number of halogens is 1. The van der Waals surface area contributed by atoms with E-state index in [2.05, 4.69) is 49.7 Å². The van der Waals surface area contributed by atoms with Crippen molar-refractivity contribution in [2.24, 2.45) is 11.3 Å². The average molecular weight is 312 g/mol. The van der Waals surface area contributed by atoms with Crippen molar-refractivity contribution in [1.29, 1.82) is 0 Å². The number of nitrogens with zero attached hydrogens (tertiary/aromatic N) is 2. The van der Waals surface area contributed by atoms with Crippen LogP contribution in [0.4, 0.5) is 0 Å². The molecule has 2 rings (SSSR count). The van der Waals surface area contributed by atoms with Crippen LogP contribution in [0.25, 0.3) is 0 Å². The van der Waals surface area contributed by atoms with E-state index in [1.54, 1.807) is 0 Å². The molecular formula is C17H30ClN3. The maximum absolute atomic E-state index is 6.51. The van der Waals surface area contributed by atoms with Gasteiger partial charge in [0.05, 0.1) is 16.9 Å². The number of hydrogen-bond acceptors (Lipinski definition) is 2.